The minimum absolute atomic E-state index is 0.0189. The number of alkyl halides is 3. The molecule has 14 nitrogen and oxygen atoms in total. The first-order valence-corrected chi connectivity index (χ1v) is 21.7. The molecule has 0 saturated carbocycles. The summed E-state index contributed by atoms with van der Waals surface area (Å²) in [4.78, 5) is 28.0. The van der Waals surface area contributed by atoms with Crippen molar-refractivity contribution in [1.29, 1.82) is 0 Å². The van der Waals surface area contributed by atoms with Crippen molar-refractivity contribution < 1.29 is 46.7 Å². The molecule has 0 spiro atoms. The van der Waals surface area contributed by atoms with E-state index in [4.69, 9.17) is 23.5 Å². The minimum atomic E-state index is -4.76. The third kappa shape index (κ3) is 9.33. The Morgan fingerprint density at radius 3 is 2.17 bits per heavy atom. The lowest BCUT2D eigenvalue weighted by molar-refractivity contribution is -0.139. The van der Waals surface area contributed by atoms with Crippen molar-refractivity contribution in [2.45, 2.75) is 89.5 Å². The highest BCUT2D eigenvalue weighted by molar-refractivity contribution is 5.79. The van der Waals surface area contributed by atoms with E-state index in [1.165, 1.54) is 12.1 Å². The number of amides is 1. The molecule has 2 aliphatic carbocycles. The van der Waals surface area contributed by atoms with Gasteiger partial charge in [-0.2, -0.15) is 23.1 Å². The highest BCUT2D eigenvalue weighted by Crippen LogP contribution is 2.41. The van der Waals surface area contributed by atoms with Gasteiger partial charge in [0.25, 0.3) is 18.3 Å². The molecular weight excluding hydrogens is 844 g/mol. The van der Waals surface area contributed by atoms with E-state index < -0.39 is 30.1 Å². The summed E-state index contributed by atoms with van der Waals surface area (Å²) >= 11 is 0. The average molecular weight is 891 g/mol. The number of hydrogen-bond donors (Lipinski definition) is 3. The normalized spacial score (nSPS) is 18.4. The molecule has 1 amide bonds. The molecule has 1 fully saturated rings. The molecule has 3 N–H and O–H groups in total. The van der Waals surface area contributed by atoms with E-state index in [-0.39, 0.29) is 60.1 Å². The van der Waals surface area contributed by atoms with E-state index in [0.717, 1.165) is 46.7 Å². The number of benzene rings is 4. The Hall–Kier alpha value is -6.61. The number of aliphatic hydroxyl groups is 2. The number of halogens is 3. The Kier molecular flexibility index (Phi) is 12.2. The molecule has 0 bridgehead atoms. The van der Waals surface area contributed by atoms with Crippen LogP contribution in [0.2, 0.25) is 0 Å². The molecule has 17 heteroatoms. The van der Waals surface area contributed by atoms with Gasteiger partial charge in [0.2, 0.25) is 17.6 Å². The number of β-amino-alcohol motifs (C(OH)–C–C–N with tert-alkyl or cyclic N) is 1. The zero-order valence-electron chi connectivity index (χ0n) is 35.9. The maximum atomic E-state index is 14.5. The topological polar surface area (TPSA) is 173 Å². The van der Waals surface area contributed by atoms with Crippen LogP contribution in [0.25, 0.3) is 50.5 Å². The lowest BCUT2D eigenvalue weighted by Gasteiger charge is -2.19. The molecule has 4 atom stereocenters. The first-order chi connectivity index (χ1) is 31.3. The molecule has 9 rings (SSSR count). The Balaban J connectivity index is 0.889. The number of ether oxygens (including phenoxy) is 2. The van der Waals surface area contributed by atoms with Gasteiger partial charge in [0.05, 0.1) is 30.4 Å². The number of aliphatic hydroxyl groups excluding tert-OH is 2. The molecule has 2 aromatic heterocycles. The van der Waals surface area contributed by atoms with Gasteiger partial charge in [-0.3, -0.25) is 4.79 Å². The van der Waals surface area contributed by atoms with E-state index in [9.17, 15) is 28.2 Å². The Morgan fingerprint density at radius 2 is 1.51 bits per heavy atom. The second kappa shape index (κ2) is 18.1. The predicted molar refractivity (Wildman–Crippen MR) is 232 cm³/mol. The third-order valence-electron chi connectivity index (χ3n) is 11.9. The van der Waals surface area contributed by atoms with Gasteiger partial charge < -0.3 is 38.9 Å². The summed E-state index contributed by atoms with van der Waals surface area (Å²) in [6.07, 6.45) is -3.45. The first-order valence-electron chi connectivity index (χ1n) is 21.7. The largest absolute Gasteiger partial charge is 0.489 e. The number of hydrogen-bond acceptors (Lipinski definition) is 12. The van der Waals surface area contributed by atoms with E-state index in [1.807, 2.05) is 38.1 Å². The summed E-state index contributed by atoms with van der Waals surface area (Å²) in [5, 5.41) is 31.9. The highest BCUT2D eigenvalue weighted by atomic mass is 19.4. The zero-order valence-corrected chi connectivity index (χ0v) is 35.9. The van der Waals surface area contributed by atoms with Crippen LogP contribution in [0.4, 0.5) is 13.2 Å². The fraction of sp³-hybridized carbons (Fsp3) is 0.375. The number of nitrogens with one attached hydrogen (secondary N) is 1. The minimum Gasteiger partial charge on any atom is -0.489 e. The van der Waals surface area contributed by atoms with Crippen molar-refractivity contribution in [2.24, 2.45) is 0 Å². The number of rotatable bonds is 12. The number of carbonyl (C=O) groups excluding carboxylic acids is 1. The molecule has 6 aromatic rings. The van der Waals surface area contributed by atoms with Crippen molar-refractivity contribution in [2.75, 3.05) is 26.2 Å². The Morgan fingerprint density at radius 1 is 0.862 bits per heavy atom. The van der Waals surface area contributed by atoms with Gasteiger partial charge >= 0.3 is 12.2 Å². The van der Waals surface area contributed by atoms with Crippen LogP contribution in [0.5, 0.6) is 11.5 Å². The van der Waals surface area contributed by atoms with E-state index in [2.05, 4.69) is 31.5 Å². The van der Waals surface area contributed by atoms with E-state index in [0.29, 0.717) is 60.6 Å². The summed E-state index contributed by atoms with van der Waals surface area (Å²) in [6, 6.07) is 23.2. The van der Waals surface area contributed by atoms with Crippen molar-refractivity contribution in [1.82, 2.24) is 30.5 Å². The lowest BCUT2D eigenvalue weighted by atomic mass is 10.0. The number of fused-ring (bicyclic) bond motifs is 2. The van der Waals surface area contributed by atoms with Gasteiger partial charge in [-0.05, 0) is 112 Å². The predicted octanol–water partition coefficient (Wildman–Crippen LogP) is 8.22. The van der Waals surface area contributed by atoms with Crippen molar-refractivity contribution in [3.05, 3.63) is 111 Å². The molecule has 3 aliphatic rings. The SMILES string of the molecule is CC(C)Oc1ccc(-c2nc(-c3cccc4c3CC[C@H]4NCC(=O)N3CC[C@@H](O)C3)no2)cc1C#[N+]CC(C)Oc1ccc(-c2nc(-c3cccc4c3CC[C@H]4O)no2)cc1C(F)(F)F. The number of likely N-dealkylation sites (tertiary alicyclic amines) is 1. The molecule has 65 heavy (non-hydrogen) atoms. The standard InChI is InChI=1S/C48H47F3N7O7/c1-26(2)62-41-16-10-28(46-54-44(56-64-46)36-8-4-6-34-32(36)12-14-39(34)53-24-43(61)58-19-18-31(59)25-58)20-30(41)23-52-22-27(3)63-42-17-11-29(21-38(42)48(49,50)51)47-55-45(57-65-47)37-9-5-7-35-33(37)13-15-40(35)60/h4-11,16-17,20-21,26-27,31,39-40,53,59-60H,12-15,18-19,22,24-25H2,1-3H3/q+1/t27?,31-,39-,40-/m1/s1. The van der Waals surface area contributed by atoms with Crippen molar-refractivity contribution in [3.63, 3.8) is 0 Å². The maximum Gasteiger partial charge on any atom is 0.419 e. The van der Waals surface area contributed by atoms with E-state index >= 15 is 0 Å². The summed E-state index contributed by atoms with van der Waals surface area (Å²) in [5.74, 6) is 0.865. The van der Waals surface area contributed by atoms with Crippen LogP contribution < -0.4 is 14.8 Å². The van der Waals surface area contributed by atoms with Crippen LogP contribution in [-0.2, 0) is 23.8 Å². The fourth-order valence-corrected chi connectivity index (χ4v) is 8.72. The smallest absolute Gasteiger partial charge is 0.419 e. The summed E-state index contributed by atoms with van der Waals surface area (Å²) < 4.78 is 66.4. The fourth-order valence-electron chi connectivity index (χ4n) is 8.72. The molecular formula is C48H47F3N7O7+. The van der Waals surface area contributed by atoms with Gasteiger partial charge in [0, 0.05) is 41.4 Å². The average Bonchev–Trinajstić information content (AvgIpc) is 4.15. The molecule has 3 heterocycles. The van der Waals surface area contributed by atoms with Crippen molar-refractivity contribution in [3.8, 4) is 63.3 Å². The van der Waals surface area contributed by atoms with Gasteiger partial charge in [0.1, 0.15) is 17.1 Å². The second-order valence-corrected chi connectivity index (χ2v) is 16.9. The van der Waals surface area contributed by atoms with Gasteiger partial charge in [-0.1, -0.05) is 51.6 Å². The first kappa shape index (κ1) is 43.6. The van der Waals surface area contributed by atoms with Gasteiger partial charge in [-0.15, -0.1) is 0 Å². The van der Waals surface area contributed by atoms with Crippen LogP contribution in [0.3, 0.4) is 0 Å². The maximum absolute atomic E-state index is 14.5. The summed E-state index contributed by atoms with van der Waals surface area (Å²) in [7, 11) is 0. The summed E-state index contributed by atoms with van der Waals surface area (Å²) in [6.45, 7) is 6.44. The quantitative estimate of drug-likeness (QED) is 0.108. The van der Waals surface area contributed by atoms with E-state index in [1.54, 1.807) is 42.2 Å². The Bertz CT molecular complexity index is 2800. The van der Waals surface area contributed by atoms with Crippen LogP contribution >= 0.6 is 0 Å². The number of nitrogens with zero attached hydrogens (tertiary/aromatic N) is 6. The van der Waals surface area contributed by atoms with Gasteiger partial charge in [0.15, 0.2) is 6.10 Å². The molecule has 1 unspecified atom stereocenters. The van der Waals surface area contributed by atoms with Crippen molar-refractivity contribution >= 4 is 5.91 Å². The highest BCUT2D eigenvalue weighted by Gasteiger charge is 2.36. The number of aromatic nitrogens is 4. The van der Waals surface area contributed by atoms with Crippen LogP contribution in [0, 0.1) is 6.07 Å². The van der Waals surface area contributed by atoms with Gasteiger partial charge in [-0.25, -0.2) is 0 Å². The second-order valence-electron chi connectivity index (χ2n) is 16.9. The monoisotopic (exact) mass is 890 g/mol. The molecule has 336 valence electrons. The molecule has 4 aromatic carbocycles. The third-order valence-corrected chi connectivity index (χ3v) is 11.9. The lowest BCUT2D eigenvalue weighted by Crippen LogP contribution is -2.38. The number of carbonyl (C=O) groups is 1. The molecule has 1 aliphatic heterocycles. The zero-order chi connectivity index (χ0) is 45.4. The van der Waals surface area contributed by atoms with Crippen LogP contribution in [0.1, 0.15) is 85.6 Å². The van der Waals surface area contributed by atoms with Crippen LogP contribution in [0.15, 0.2) is 81.8 Å². The summed E-state index contributed by atoms with van der Waals surface area (Å²) in [5.41, 5.74) is 5.42. The molecule has 1 saturated heterocycles. The molecule has 0 radical (unpaired) electrons. The van der Waals surface area contributed by atoms with Crippen LogP contribution in [-0.4, -0.2) is 85.8 Å². The Labute approximate surface area is 372 Å².